The highest BCUT2D eigenvalue weighted by Gasteiger charge is 2.27. The predicted octanol–water partition coefficient (Wildman–Crippen LogP) is 5.98. The fourth-order valence-corrected chi connectivity index (χ4v) is 4.05. The van der Waals surface area contributed by atoms with Crippen LogP contribution in [0.5, 0.6) is 0 Å². The van der Waals surface area contributed by atoms with Crippen LogP contribution in [0.1, 0.15) is 55.6 Å². The summed E-state index contributed by atoms with van der Waals surface area (Å²) in [6, 6.07) is 13.1. The number of aryl methyl sites for hydroxylation is 1. The van der Waals surface area contributed by atoms with Crippen LogP contribution in [0.15, 0.2) is 36.4 Å². The first-order valence-corrected chi connectivity index (χ1v) is 8.29. The highest BCUT2D eigenvalue weighted by Crippen LogP contribution is 2.49. The van der Waals surface area contributed by atoms with E-state index < -0.39 is 0 Å². The maximum absolute atomic E-state index is 4.98. The van der Waals surface area contributed by atoms with Crippen LogP contribution in [0.4, 0.5) is 11.4 Å². The third-order valence-corrected chi connectivity index (χ3v) is 5.12. The van der Waals surface area contributed by atoms with Crippen LogP contribution in [-0.4, -0.2) is 0 Å². The van der Waals surface area contributed by atoms with Crippen molar-refractivity contribution in [2.24, 2.45) is 0 Å². The smallest absolute Gasteiger partial charge is 0.0753 e. The Bertz CT molecular complexity index is 664. The standard InChI is InChI=1S/C20H22N/c1-14-12-13-17-16-10-6-7-11-18(16)21-20(17)19(14)15-8-4-2-3-5-9-15/h6-7,10-13,15H,2-5,8-9H2,1H3. The molecule has 0 saturated heterocycles. The molecular weight excluding hydrogens is 254 g/mol. The van der Waals surface area contributed by atoms with Gasteiger partial charge >= 0.3 is 0 Å². The normalized spacial score (nSPS) is 17.8. The summed E-state index contributed by atoms with van der Waals surface area (Å²) in [5.74, 6) is 0.709. The van der Waals surface area contributed by atoms with Gasteiger partial charge in [-0.1, -0.05) is 56.0 Å². The molecule has 1 fully saturated rings. The third kappa shape index (κ3) is 2.16. The first-order valence-electron chi connectivity index (χ1n) is 8.29. The second-order valence-electron chi connectivity index (χ2n) is 6.51. The van der Waals surface area contributed by atoms with Gasteiger partial charge in [0.15, 0.2) is 0 Å². The molecule has 0 N–H and O–H groups in total. The zero-order valence-electron chi connectivity index (χ0n) is 12.7. The second-order valence-corrected chi connectivity index (χ2v) is 6.51. The van der Waals surface area contributed by atoms with Gasteiger partial charge in [0.05, 0.1) is 11.4 Å². The maximum atomic E-state index is 4.98. The molecule has 1 radical (unpaired) electrons. The Labute approximate surface area is 127 Å². The largest absolute Gasteiger partial charge is 0.247 e. The van der Waals surface area contributed by atoms with Crippen molar-refractivity contribution in [2.75, 3.05) is 0 Å². The lowest BCUT2D eigenvalue weighted by Gasteiger charge is -2.20. The van der Waals surface area contributed by atoms with Crippen LogP contribution in [0, 0.1) is 6.92 Å². The minimum atomic E-state index is 0.709. The number of nitrogens with zero attached hydrogens (tertiary/aromatic N) is 1. The Balaban J connectivity index is 1.82. The Morgan fingerprint density at radius 2 is 1.62 bits per heavy atom. The van der Waals surface area contributed by atoms with Gasteiger partial charge in [0.1, 0.15) is 0 Å². The zero-order chi connectivity index (χ0) is 14.2. The van der Waals surface area contributed by atoms with Crippen molar-refractivity contribution in [2.45, 2.75) is 51.4 Å². The molecule has 1 nitrogen and oxygen atoms in total. The summed E-state index contributed by atoms with van der Waals surface area (Å²) < 4.78 is 0. The molecule has 4 rings (SSSR count). The molecule has 0 spiro atoms. The molecule has 1 aliphatic carbocycles. The number of benzene rings is 2. The van der Waals surface area contributed by atoms with E-state index in [0.717, 1.165) is 5.69 Å². The minimum absolute atomic E-state index is 0.709. The molecule has 1 heterocycles. The Kier molecular flexibility index (Phi) is 3.21. The van der Waals surface area contributed by atoms with Crippen LogP contribution in [0.25, 0.3) is 11.1 Å². The average Bonchev–Trinajstić information content (AvgIpc) is 2.68. The number of fused-ring (bicyclic) bond motifs is 3. The molecule has 1 saturated carbocycles. The van der Waals surface area contributed by atoms with Crippen molar-refractivity contribution in [1.29, 1.82) is 0 Å². The van der Waals surface area contributed by atoms with E-state index in [1.165, 1.54) is 66.5 Å². The fourth-order valence-electron chi connectivity index (χ4n) is 4.05. The van der Waals surface area contributed by atoms with Crippen LogP contribution >= 0.6 is 0 Å². The maximum Gasteiger partial charge on any atom is 0.0753 e. The van der Waals surface area contributed by atoms with Gasteiger partial charge in [0.25, 0.3) is 0 Å². The van der Waals surface area contributed by atoms with Gasteiger partial charge in [-0.15, -0.1) is 0 Å². The quantitative estimate of drug-likeness (QED) is 0.485. The Hall–Kier alpha value is -1.76. The minimum Gasteiger partial charge on any atom is -0.247 e. The van der Waals surface area contributed by atoms with Crippen molar-refractivity contribution < 1.29 is 0 Å². The first kappa shape index (κ1) is 12.9. The molecule has 0 unspecified atom stereocenters. The highest BCUT2D eigenvalue weighted by molar-refractivity contribution is 5.92. The summed E-state index contributed by atoms with van der Waals surface area (Å²) in [6.45, 7) is 2.26. The number of para-hydroxylation sites is 1. The average molecular weight is 276 g/mol. The number of hydrogen-bond acceptors (Lipinski definition) is 0. The molecule has 0 bridgehead atoms. The van der Waals surface area contributed by atoms with Crippen LogP contribution in [0.2, 0.25) is 0 Å². The van der Waals surface area contributed by atoms with Crippen molar-refractivity contribution in [3.63, 3.8) is 0 Å². The summed E-state index contributed by atoms with van der Waals surface area (Å²) in [4.78, 5) is 0. The molecule has 2 aromatic carbocycles. The molecule has 0 amide bonds. The van der Waals surface area contributed by atoms with Gasteiger partial charge in [0, 0.05) is 11.1 Å². The highest BCUT2D eigenvalue weighted by atomic mass is 14.9. The topological polar surface area (TPSA) is 14.1 Å². The molecular formula is C20H22N. The van der Waals surface area contributed by atoms with Gasteiger partial charge in [-0.3, -0.25) is 0 Å². The molecule has 2 aliphatic rings. The monoisotopic (exact) mass is 276 g/mol. The van der Waals surface area contributed by atoms with Gasteiger partial charge in [-0.25, -0.2) is 5.32 Å². The predicted molar refractivity (Wildman–Crippen MR) is 88.5 cm³/mol. The van der Waals surface area contributed by atoms with Gasteiger partial charge in [-0.2, -0.15) is 0 Å². The summed E-state index contributed by atoms with van der Waals surface area (Å²) in [6.07, 6.45) is 8.23. The van der Waals surface area contributed by atoms with Gasteiger partial charge in [0.2, 0.25) is 0 Å². The van der Waals surface area contributed by atoms with E-state index >= 15 is 0 Å². The molecule has 107 valence electrons. The molecule has 0 aromatic heterocycles. The Morgan fingerprint density at radius 1 is 0.857 bits per heavy atom. The van der Waals surface area contributed by atoms with Crippen LogP contribution < -0.4 is 5.32 Å². The molecule has 1 aliphatic heterocycles. The van der Waals surface area contributed by atoms with E-state index in [0.29, 0.717) is 5.92 Å². The van der Waals surface area contributed by atoms with E-state index in [9.17, 15) is 0 Å². The molecule has 0 atom stereocenters. The van der Waals surface area contributed by atoms with Crippen molar-refractivity contribution in [1.82, 2.24) is 5.32 Å². The number of hydrogen-bond donors (Lipinski definition) is 0. The Morgan fingerprint density at radius 3 is 2.43 bits per heavy atom. The lowest BCUT2D eigenvalue weighted by atomic mass is 9.86. The van der Waals surface area contributed by atoms with Crippen molar-refractivity contribution in [3.8, 4) is 11.1 Å². The summed E-state index contributed by atoms with van der Waals surface area (Å²) in [5.41, 5.74) is 8.02. The van der Waals surface area contributed by atoms with Gasteiger partial charge in [-0.05, 0) is 42.9 Å². The molecule has 21 heavy (non-hydrogen) atoms. The van der Waals surface area contributed by atoms with Crippen molar-refractivity contribution >= 4 is 11.4 Å². The lowest BCUT2D eigenvalue weighted by molar-refractivity contribution is 0.589. The summed E-state index contributed by atoms with van der Waals surface area (Å²) in [5, 5.41) is 4.98. The molecule has 2 aromatic rings. The second kappa shape index (κ2) is 5.22. The van der Waals surface area contributed by atoms with Crippen LogP contribution in [-0.2, 0) is 0 Å². The summed E-state index contributed by atoms with van der Waals surface area (Å²) in [7, 11) is 0. The third-order valence-electron chi connectivity index (χ3n) is 5.12. The number of rotatable bonds is 1. The first-order chi connectivity index (χ1) is 10.3. The van der Waals surface area contributed by atoms with E-state index in [1.807, 2.05) is 0 Å². The van der Waals surface area contributed by atoms with Crippen LogP contribution in [0.3, 0.4) is 0 Å². The van der Waals surface area contributed by atoms with E-state index in [-0.39, 0.29) is 0 Å². The fraction of sp³-hybridized carbons (Fsp3) is 0.400. The van der Waals surface area contributed by atoms with Crippen molar-refractivity contribution in [3.05, 3.63) is 47.5 Å². The summed E-state index contributed by atoms with van der Waals surface area (Å²) >= 11 is 0. The SMILES string of the molecule is Cc1ccc2c(c1C1CCCCCC1)[N]c1ccccc1-2. The zero-order valence-corrected chi connectivity index (χ0v) is 12.7. The lowest BCUT2D eigenvalue weighted by Crippen LogP contribution is -2.03. The van der Waals surface area contributed by atoms with E-state index in [4.69, 9.17) is 5.32 Å². The van der Waals surface area contributed by atoms with E-state index in [1.54, 1.807) is 0 Å². The molecule has 1 heteroatoms. The van der Waals surface area contributed by atoms with Gasteiger partial charge < -0.3 is 0 Å². The van der Waals surface area contributed by atoms with E-state index in [2.05, 4.69) is 43.3 Å².